The molecule has 0 amide bonds. The Kier molecular flexibility index (Phi) is 3.97. The van der Waals surface area contributed by atoms with Crippen molar-refractivity contribution in [2.24, 2.45) is 0 Å². The van der Waals surface area contributed by atoms with Crippen LogP contribution < -0.4 is 0 Å². The van der Waals surface area contributed by atoms with E-state index in [1.807, 2.05) is 11.3 Å². The van der Waals surface area contributed by atoms with Crippen molar-refractivity contribution < 1.29 is 0 Å². The van der Waals surface area contributed by atoms with Crippen molar-refractivity contribution in [2.75, 3.05) is 0 Å². The summed E-state index contributed by atoms with van der Waals surface area (Å²) in [6, 6.07) is 37.6. The lowest BCUT2D eigenvalue weighted by atomic mass is 9.96. The topological polar surface area (TPSA) is 0 Å². The highest BCUT2D eigenvalue weighted by Gasteiger charge is 2.13. The van der Waals surface area contributed by atoms with E-state index in [-0.39, 0.29) is 0 Å². The van der Waals surface area contributed by atoms with Crippen molar-refractivity contribution in [1.82, 2.24) is 0 Å². The molecule has 0 atom stereocenters. The molecule has 5 aromatic carbocycles. The molecule has 0 N–H and O–H groups in total. The van der Waals surface area contributed by atoms with Crippen LogP contribution in [0.5, 0.6) is 0 Å². The van der Waals surface area contributed by atoms with Gasteiger partial charge in [0, 0.05) is 20.2 Å². The van der Waals surface area contributed by atoms with E-state index in [4.69, 9.17) is 0 Å². The van der Waals surface area contributed by atoms with E-state index in [0.717, 1.165) is 0 Å². The van der Waals surface area contributed by atoms with Crippen LogP contribution in [0.15, 0.2) is 103 Å². The summed E-state index contributed by atoms with van der Waals surface area (Å²) in [6.07, 6.45) is 0. The third-order valence-electron chi connectivity index (χ3n) is 5.91. The Hall–Kier alpha value is -3.42. The maximum atomic E-state index is 2.33. The number of rotatable bonds is 2. The fourth-order valence-corrected chi connectivity index (χ4v) is 5.74. The van der Waals surface area contributed by atoms with Crippen molar-refractivity contribution in [1.29, 1.82) is 0 Å². The van der Waals surface area contributed by atoms with Gasteiger partial charge in [-0.05, 0) is 52.1 Å². The zero-order valence-corrected chi connectivity index (χ0v) is 17.5. The number of benzene rings is 5. The van der Waals surface area contributed by atoms with Crippen LogP contribution in [-0.4, -0.2) is 0 Å². The highest BCUT2D eigenvalue weighted by molar-refractivity contribution is 7.26. The van der Waals surface area contributed by atoms with Gasteiger partial charge in [0.25, 0.3) is 0 Å². The molecule has 1 heteroatoms. The molecule has 0 fully saturated rings. The Bertz CT molecular complexity index is 1550. The molecular formula is C29H20S. The van der Waals surface area contributed by atoms with E-state index in [0.29, 0.717) is 0 Å². The number of hydrogen-bond acceptors (Lipinski definition) is 1. The molecule has 6 rings (SSSR count). The third kappa shape index (κ3) is 2.74. The highest BCUT2D eigenvalue weighted by Crippen LogP contribution is 2.43. The van der Waals surface area contributed by atoms with Gasteiger partial charge in [0.15, 0.2) is 0 Å². The molecule has 0 nitrogen and oxygen atoms in total. The van der Waals surface area contributed by atoms with Crippen LogP contribution in [0.25, 0.3) is 53.2 Å². The number of thiophene rings is 1. The molecule has 0 saturated heterocycles. The Morgan fingerprint density at radius 3 is 2.20 bits per heavy atom. The number of hydrogen-bond donors (Lipinski definition) is 0. The van der Waals surface area contributed by atoms with E-state index in [1.165, 1.54) is 58.8 Å². The summed E-state index contributed by atoms with van der Waals surface area (Å²) in [5.41, 5.74) is 6.41. The van der Waals surface area contributed by atoms with Gasteiger partial charge in [-0.25, -0.2) is 0 Å². The Labute approximate surface area is 180 Å². The Morgan fingerprint density at radius 1 is 0.567 bits per heavy atom. The minimum absolute atomic E-state index is 1.26. The summed E-state index contributed by atoms with van der Waals surface area (Å²) in [5, 5.41) is 5.37. The first-order chi connectivity index (χ1) is 14.8. The molecule has 142 valence electrons. The van der Waals surface area contributed by atoms with E-state index < -0.39 is 0 Å². The van der Waals surface area contributed by atoms with Gasteiger partial charge < -0.3 is 0 Å². The SMILES string of the molecule is Cc1cccc(-c2cccc(-c3cccc4c3sc3ccc5ccccc5c34)c2)c1. The van der Waals surface area contributed by atoms with E-state index in [2.05, 4.69) is 110 Å². The fourth-order valence-electron chi connectivity index (χ4n) is 4.49. The standard InChI is InChI=1S/C29H20S/c1-19-7-4-9-21(17-19)22-10-5-11-23(18-22)25-13-6-14-26-28-24-12-3-2-8-20(24)15-16-27(28)30-29(25)26/h2-18H,1H3. The minimum atomic E-state index is 1.26. The molecule has 0 unspecified atom stereocenters. The summed E-state index contributed by atoms with van der Waals surface area (Å²) in [5.74, 6) is 0. The number of aryl methyl sites for hydroxylation is 1. The normalized spacial score (nSPS) is 11.5. The van der Waals surface area contributed by atoms with Crippen LogP contribution in [0.3, 0.4) is 0 Å². The van der Waals surface area contributed by atoms with Crippen LogP contribution in [0.1, 0.15) is 5.56 Å². The maximum Gasteiger partial charge on any atom is 0.0434 e. The molecule has 0 aliphatic rings. The summed E-state index contributed by atoms with van der Waals surface area (Å²) in [4.78, 5) is 0. The van der Waals surface area contributed by atoms with E-state index in [1.54, 1.807) is 0 Å². The van der Waals surface area contributed by atoms with Crippen LogP contribution >= 0.6 is 11.3 Å². The first kappa shape index (κ1) is 17.4. The van der Waals surface area contributed by atoms with Gasteiger partial charge in [-0.2, -0.15) is 0 Å². The molecule has 1 aromatic heterocycles. The predicted octanol–water partition coefficient (Wildman–Crippen LogP) is 8.85. The molecule has 30 heavy (non-hydrogen) atoms. The van der Waals surface area contributed by atoms with Crippen LogP contribution in [0.4, 0.5) is 0 Å². The highest BCUT2D eigenvalue weighted by atomic mass is 32.1. The van der Waals surface area contributed by atoms with Crippen LogP contribution in [-0.2, 0) is 0 Å². The van der Waals surface area contributed by atoms with E-state index in [9.17, 15) is 0 Å². The zero-order chi connectivity index (χ0) is 20.1. The van der Waals surface area contributed by atoms with Gasteiger partial charge >= 0.3 is 0 Å². The van der Waals surface area contributed by atoms with Crippen molar-refractivity contribution >= 4 is 42.3 Å². The summed E-state index contributed by atoms with van der Waals surface area (Å²) in [6.45, 7) is 2.15. The zero-order valence-electron chi connectivity index (χ0n) is 16.7. The van der Waals surface area contributed by atoms with Gasteiger partial charge in [0.05, 0.1) is 0 Å². The second-order valence-corrected chi connectivity index (χ2v) is 8.95. The largest absolute Gasteiger partial charge is 0.135 e. The average molecular weight is 401 g/mol. The molecule has 0 radical (unpaired) electrons. The van der Waals surface area contributed by atoms with Gasteiger partial charge in [-0.3, -0.25) is 0 Å². The van der Waals surface area contributed by atoms with Crippen LogP contribution in [0.2, 0.25) is 0 Å². The molecule has 0 spiro atoms. The lowest BCUT2D eigenvalue weighted by Crippen LogP contribution is -1.83. The first-order valence-corrected chi connectivity index (χ1v) is 11.1. The molecular weight excluding hydrogens is 380 g/mol. The van der Waals surface area contributed by atoms with E-state index >= 15 is 0 Å². The predicted molar refractivity (Wildman–Crippen MR) is 132 cm³/mol. The molecule has 0 bridgehead atoms. The second-order valence-electron chi connectivity index (χ2n) is 7.89. The second kappa shape index (κ2) is 6.83. The van der Waals surface area contributed by atoms with Crippen molar-refractivity contribution in [3.05, 3.63) is 109 Å². The lowest BCUT2D eigenvalue weighted by Gasteiger charge is -2.08. The Balaban J connectivity index is 1.60. The van der Waals surface area contributed by atoms with Gasteiger partial charge in [0.2, 0.25) is 0 Å². The molecule has 0 saturated carbocycles. The maximum absolute atomic E-state index is 2.33. The quantitative estimate of drug-likeness (QED) is 0.272. The summed E-state index contributed by atoms with van der Waals surface area (Å²) in [7, 11) is 0. The number of fused-ring (bicyclic) bond motifs is 5. The van der Waals surface area contributed by atoms with Gasteiger partial charge in [-0.15, -0.1) is 11.3 Å². The van der Waals surface area contributed by atoms with Gasteiger partial charge in [0.1, 0.15) is 0 Å². The third-order valence-corrected chi connectivity index (χ3v) is 7.12. The summed E-state index contributed by atoms with van der Waals surface area (Å²) >= 11 is 1.90. The average Bonchev–Trinajstić information content (AvgIpc) is 3.18. The summed E-state index contributed by atoms with van der Waals surface area (Å²) < 4.78 is 2.72. The molecule has 6 aromatic rings. The van der Waals surface area contributed by atoms with Crippen molar-refractivity contribution in [3.63, 3.8) is 0 Å². The van der Waals surface area contributed by atoms with Crippen LogP contribution in [0, 0.1) is 6.92 Å². The lowest BCUT2D eigenvalue weighted by molar-refractivity contribution is 1.47. The van der Waals surface area contributed by atoms with Crippen molar-refractivity contribution in [3.8, 4) is 22.3 Å². The van der Waals surface area contributed by atoms with Crippen molar-refractivity contribution in [2.45, 2.75) is 6.92 Å². The smallest absolute Gasteiger partial charge is 0.0434 e. The fraction of sp³-hybridized carbons (Fsp3) is 0.0345. The minimum Gasteiger partial charge on any atom is -0.135 e. The first-order valence-electron chi connectivity index (χ1n) is 10.3. The molecule has 0 aliphatic heterocycles. The molecule has 1 heterocycles. The Morgan fingerprint density at radius 2 is 1.30 bits per heavy atom. The monoisotopic (exact) mass is 400 g/mol. The molecule has 0 aliphatic carbocycles. The van der Waals surface area contributed by atoms with Gasteiger partial charge in [-0.1, -0.05) is 96.6 Å².